The number of rotatable bonds is 2. The normalized spacial score (nSPS) is 9.87. The van der Waals surface area contributed by atoms with Gasteiger partial charge in [-0.3, -0.25) is 0 Å². The molecule has 23 heavy (non-hydrogen) atoms. The second-order valence-corrected chi connectivity index (χ2v) is 4.99. The molecule has 3 heteroatoms. The number of benzene rings is 3. The van der Waals surface area contributed by atoms with Crippen LogP contribution >= 0.6 is 0 Å². The van der Waals surface area contributed by atoms with E-state index in [1.807, 2.05) is 60.7 Å². The molecule has 0 radical (unpaired) electrons. The molecule has 0 bridgehead atoms. The van der Waals surface area contributed by atoms with Crippen molar-refractivity contribution in [1.29, 1.82) is 5.26 Å². The number of nitrogens with zero attached hydrogens (tertiary/aromatic N) is 2. The third-order valence-corrected chi connectivity index (χ3v) is 3.63. The molecule has 0 aliphatic heterocycles. The highest BCUT2D eigenvalue weighted by atomic mass is 19.1. The van der Waals surface area contributed by atoms with Crippen molar-refractivity contribution >= 4 is 5.69 Å². The summed E-state index contributed by atoms with van der Waals surface area (Å²) in [5, 5.41) is 9.27. The molecule has 0 unspecified atom stereocenters. The fourth-order valence-corrected chi connectivity index (χ4v) is 2.50. The van der Waals surface area contributed by atoms with E-state index in [1.165, 1.54) is 6.07 Å². The lowest BCUT2D eigenvalue weighted by molar-refractivity contribution is 0.630. The van der Waals surface area contributed by atoms with E-state index < -0.39 is 5.82 Å². The predicted molar refractivity (Wildman–Crippen MR) is 88.2 cm³/mol. The molecule has 0 saturated heterocycles. The Balaban J connectivity index is 2.16. The van der Waals surface area contributed by atoms with Crippen molar-refractivity contribution in [3.8, 4) is 28.3 Å². The Bertz CT molecular complexity index is 948. The molecule has 3 rings (SSSR count). The highest BCUT2D eigenvalue weighted by molar-refractivity contribution is 5.78. The number of hydrogen-bond acceptors (Lipinski definition) is 1. The number of nitriles is 1. The van der Waals surface area contributed by atoms with Crippen LogP contribution in [0.15, 0.2) is 66.7 Å². The summed E-state index contributed by atoms with van der Waals surface area (Å²) in [6, 6.07) is 22.3. The number of hydrogen-bond donors (Lipinski definition) is 0. The molecule has 0 heterocycles. The van der Waals surface area contributed by atoms with Gasteiger partial charge in [0.1, 0.15) is 11.9 Å². The maximum Gasteiger partial charge on any atom is 0.223 e. The van der Waals surface area contributed by atoms with Gasteiger partial charge in [-0.15, -0.1) is 0 Å². The van der Waals surface area contributed by atoms with Crippen molar-refractivity contribution in [2.45, 2.75) is 0 Å². The Morgan fingerprint density at radius 1 is 0.870 bits per heavy atom. The van der Waals surface area contributed by atoms with Crippen LogP contribution in [0.5, 0.6) is 0 Å². The van der Waals surface area contributed by atoms with Crippen LogP contribution in [0.25, 0.3) is 27.1 Å². The molecule has 0 aromatic heterocycles. The molecule has 0 fully saturated rings. The Morgan fingerprint density at radius 3 is 2.26 bits per heavy atom. The van der Waals surface area contributed by atoms with Gasteiger partial charge < -0.3 is 0 Å². The van der Waals surface area contributed by atoms with E-state index in [-0.39, 0.29) is 11.3 Å². The van der Waals surface area contributed by atoms with Gasteiger partial charge in [0.25, 0.3) is 0 Å². The van der Waals surface area contributed by atoms with Crippen LogP contribution in [0.2, 0.25) is 0 Å². The van der Waals surface area contributed by atoms with E-state index in [1.54, 1.807) is 6.07 Å². The van der Waals surface area contributed by atoms with Gasteiger partial charge in [-0.05, 0) is 28.3 Å². The lowest BCUT2D eigenvalue weighted by Crippen LogP contribution is -1.90. The Kier molecular flexibility index (Phi) is 3.87. The van der Waals surface area contributed by atoms with Gasteiger partial charge in [-0.2, -0.15) is 5.26 Å². The first-order valence-corrected chi connectivity index (χ1v) is 7.00. The van der Waals surface area contributed by atoms with E-state index >= 15 is 0 Å². The zero-order valence-corrected chi connectivity index (χ0v) is 12.1. The molecule has 108 valence electrons. The summed E-state index contributed by atoms with van der Waals surface area (Å²) in [4.78, 5) is 3.10. The molecule has 0 N–H and O–H groups in total. The summed E-state index contributed by atoms with van der Waals surface area (Å²) in [5.41, 5.74) is 3.05. The van der Waals surface area contributed by atoms with Crippen LogP contribution in [0, 0.1) is 23.7 Å². The van der Waals surface area contributed by atoms with E-state index in [9.17, 15) is 9.65 Å². The average Bonchev–Trinajstić information content (AvgIpc) is 2.62. The summed E-state index contributed by atoms with van der Waals surface area (Å²) in [6.07, 6.45) is 0. The molecule has 2 nitrogen and oxygen atoms in total. The monoisotopic (exact) mass is 298 g/mol. The van der Waals surface area contributed by atoms with Crippen LogP contribution in [-0.2, 0) is 0 Å². The molecule has 0 saturated carbocycles. The molecule has 0 amide bonds. The quantitative estimate of drug-likeness (QED) is 0.567. The minimum atomic E-state index is -0.759. The van der Waals surface area contributed by atoms with Gasteiger partial charge in [0, 0.05) is 0 Å². The summed E-state index contributed by atoms with van der Waals surface area (Å²) in [5.74, 6) is -0.759. The standard InChI is InChI=1S/C20H11FN2/c1-23-19-11-10-17(18(13-22)20(19)21)16-9-5-8-15(12-16)14-6-3-2-4-7-14/h2-12H. The first kappa shape index (κ1) is 14.5. The maximum atomic E-state index is 14.2. The molecule has 0 aliphatic carbocycles. The third kappa shape index (κ3) is 2.69. The molecule has 3 aromatic rings. The Labute approximate surface area is 133 Å². The molecular weight excluding hydrogens is 287 g/mol. The highest BCUT2D eigenvalue weighted by Crippen LogP contribution is 2.32. The molecule has 0 spiro atoms. The summed E-state index contributed by atoms with van der Waals surface area (Å²) in [7, 11) is 0. The van der Waals surface area contributed by atoms with Crippen molar-refractivity contribution in [2.24, 2.45) is 0 Å². The van der Waals surface area contributed by atoms with Crippen molar-refractivity contribution in [1.82, 2.24) is 0 Å². The van der Waals surface area contributed by atoms with Crippen molar-refractivity contribution in [3.63, 3.8) is 0 Å². The average molecular weight is 298 g/mol. The minimum Gasteiger partial charge on any atom is -0.235 e. The summed E-state index contributed by atoms with van der Waals surface area (Å²) >= 11 is 0. The van der Waals surface area contributed by atoms with Crippen molar-refractivity contribution in [3.05, 3.63) is 89.5 Å². The largest absolute Gasteiger partial charge is 0.235 e. The van der Waals surface area contributed by atoms with E-state index in [2.05, 4.69) is 4.85 Å². The van der Waals surface area contributed by atoms with Crippen LogP contribution in [0.4, 0.5) is 10.1 Å². The molecular formula is C20H11FN2. The fraction of sp³-hybridized carbons (Fsp3) is 0. The van der Waals surface area contributed by atoms with E-state index in [0.717, 1.165) is 16.7 Å². The van der Waals surface area contributed by atoms with Gasteiger partial charge in [-0.25, -0.2) is 9.24 Å². The fourth-order valence-electron chi connectivity index (χ4n) is 2.50. The van der Waals surface area contributed by atoms with Crippen molar-refractivity contribution < 1.29 is 4.39 Å². The summed E-state index contributed by atoms with van der Waals surface area (Å²) in [6.45, 7) is 6.95. The molecule has 3 aromatic carbocycles. The van der Waals surface area contributed by atoms with Gasteiger partial charge in [0.15, 0.2) is 0 Å². The predicted octanol–water partition coefficient (Wildman–Crippen LogP) is 5.58. The Hall–Kier alpha value is -3.43. The van der Waals surface area contributed by atoms with Crippen LogP contribution in [-0.4, -0.2) is 0 Å². The van der Waals surface area contributed by atoms with Crippen LogP contribution in [0.1, 0.15) is 5.56 Å². The second kappa shape index (κ2) is 6.13. The van der Waals surface area contributed by atoms with Crippen LogP contribution < -0.4 is 0 Å². The van der Waals surface area contributed by atoms with Gasteiger partial charge in [-0.1, -0.05) is 60.7 Å². The topological polar surface area (TPSA) is 28.1 Å². The third-order valence-electron chi connectivity index (χ3n) is 3.63. The lowest BCUT2D eigenvalue weighted by Gasteiger charge is -2.09. The molecule has 0 aliphatic rings. The van der Waals surface area contributed by atoms with Gasteiger partial charge in [0.05, 0.1) is 12.1 Å². The first-order valence-electron chi connectivity index (χ1n) is 7.00. The van der Waals surface area contributed by atoms with E-state index in [4.69, 9.17) is 6.57 Å². The summed E-state index contributed by atoms with van der Waals surface area (Å²) < 4.78 is 14.2. The van der Waals surface area contributed by atoms with Crippen LogP contribution in [0.3, 0.4) is 0 Å². The van der Waals surface area contributed by atoms with Crippen molar-refractivity contribution in [2.75, 3.05) is 0 Å². The van der Waals surface area contributed by atoms with Gasteiger partial charge in [0.2, 0.25) is 5.69 Å². The highest BCUT2D eigenvalue weighted by Gasteiger charge is 2.14. The smallest absolute Gasteiger partial charge is 0.223 e. The lowest BCUT2D eigenvalue weighted by atomic mass is 9.95. The zero-order chi connectivity index (χ0) is 16.2. The SMILES string of the molecule is [C-]#[N+]c1ccc(-c2cccc(-c3ccccc3)c2)c(C#N)c1F. The minimum absolute atomic E-state index is 0.0938. The second-order valence-electron chi connectivity index (χ2n) is 4.99. The Morgan fingerprint density at radius 2 is 1.57 bits per heavy atom. The van der Waals surface area contributed by atoms with Gasteiger partial charge >= 0.3 is 0 Å². The molecule has 0 atom stereocenters. The zero-order valence-electron chi connectivity index (χ0n) is 12.1. The maximum absolute atomic E-state index is 14.2. The van der Waals surface area contributed by atoms with E-state index in [0.29, 0.717) is 5.56 Å². The first-order chi connectivity index (χ1) is 11.2. The number of halogens is 1.